The lowest BCUT2D eigenvalue weighted by Gasteiger charge is -2.16. The Morgan fingerprint density at radius 3 is 2.72 bits per heavy atom. The zero-order valence-corrected chi connectivity index (χ0v) is 18.9. The first-order chi connectivity index (χ1) is 15.5. The molecule has 32 heavy (non-hydrogen) atoms. The topological polar surface area (TPSA) is 88.2 Å². The molecule has 1 fully saturated rings. The molecule has 7 heteroatoms. The van der Waals surface area contributed by atoms with Gasteiger partial charge in [0.05, 0.1) is 22.4 Å². The molecule has 2 atom stereocenters. The fourth-order valence-corrected chi connectivity index (χ4v) is 5.30. The number of aromatic nitrogens is 2. The second-order valence-electron chi connectivity index (χ2n) is 8.47. The zero-order valence-electron chi connectivity index (χ0n) is 18.1. The van der Waals surface area contributed by atoms with Crippen LogP contribution in [0.15, 0.2) is 46.4 Å². The van der Waals surface area contributed by atoms with Crippen molar-refractivity contribution < 1.29 is 14.3 Å². The largest absolute Gasteiger partial charge is 0.449 e. The number of amides is 1. The molecule has 0 unspecified atom stereocenters. The summed E-state index contributed by atoms with van der Waals surface area (Å²) in [5.41, 5.74) is 6.40. The average Bonchev–Trinajstić information content (AvgIpc) is 3.50. The predicted octanol–water partition coefficient (Wildman–Crippen LogP) is 4.80. The van der Waals surface area contributed by atoms with Crippen LogP contribution < -0.4 is 5.32 Å². The molecule has 1 aromatic carbocycles. The van der Waals surface area contributed by atoms with E-state index in [-0.39, 0.29) is 11.9 Å². The monoisotopic (exact) mass is 447 g/mol. The van der Waals surface area contributed by atoms with Gasteiger partial charge in [-0.1, -0.05) is 24.3 Å². The molecule has 0 spiro atoms. The fourth-order valence-electron chi connectivity index (χ4n) is 4.30. The molecule has 0 saturated heterocycles. The standard InChI is InChI=1S/C25H25N3O3S/c1-14-13-32-24-18(10-16-6-8-17(9-7-16)21-12-31-15(2)26-21)11-20(27-23(14)24)25(30)28-19-4-3-5-22(19)29/h6-9,11-13,19,22,29H,3-5,10H2,1-2H3,(H,28,30)/t19-,22-/m0/s1. The molecule has 3 aromatic heterocycles. The molecule has 1 amide bonds. The number of aliphatic hydroxyl groups is 1. The normalized spacial score (nSPS) is 18.3. The van der Waals surface area contributed by atoms with Gasteiger partial charge in [-0.05, 0) is 60.7 Å². The number of aliphatic hydroxyl groups excluding tert-OH is 1. The maximum atomic E-state index is 12.9. The zero-order chi connectivity index (χ0) is 22.2. The maximum Gasteiger partial charge on any atom is 0.270 e. The Morgan fingerprint density at radius 2 is 2.03 bits per heavy atom. The van der Waals surface area contributed by atoms with Crippen LogP contribution in [0, 0.1) is 13.8 Å². The quantitative estimate of drug-likeness (QED) is 0.459. The first-order valence-electron chi connectivity index (χ1n) is 10.9. The summed E-state index contributed by atoms with van der Waals surface area (Å²) in [6.07, 6.45) is 4.35. The number of benzene rings is 1. The summed E-state index contributed by atoms with van der Waals surface area (Å²) in [6, 6.07) is 9.95. The van der Waals surface area contributed by atoms with E-state index in [2.05, 4.69) is 32.8 Å². The van der Waals surface area contributed by atoms with E-state index in [1.165, 1.54) is 0 Å². The molecule has 4 aromatic rings. The van der Waals surface area contributed by atoms with Crippen LogP contribution >= 0.6 is 11.3 Å². The molecule has 3 heterocycles. The minimum Gasteiger partial charge on any atom is -0.449 e. The van der Waals surface area contributed by atoms with Crippen molar-refractivity contribution in [2.75, 3.05) is 0 Å². The third-order valence-electron chi connectivity index (χ3n) is 6.07. The molecule has 0 aliphatic heterocycles. The fraction of sp³-hybridized carbons (Fsp3) is 0.320. The van der Waals surface area contributed by atoms with Crippen molar-refractivity contribution in [1.29, 1.82) is 0 Å². The molecule has 6 nitrogen and oxygen atoms in total. The summed E-state index contributed by atoms with van der Waals surface area (Å²) in [6.45, 7) is 3.85. The molecule has 164 valence electrons. The van der Waals surface area contributed by atoms with Gasteiger partial charge < -0.3 is 14.8 Å². The lowest BCUT2D eigenvalue weighted by Crippen LogP contribution is -2.40. The highest BCUT2D eigenvalue weighted by atomic mass is 32.1. The van der Waals surface area contributed by atoms with Crippen LogP contribution in [0.5, 0.6) is 0 Å². The number of aryl methyl sites for hydroxylation is 2. The highest BCUT2D eigenvalue weighted by Gasteiger charge is 2.27. The molecule has 1 aliphatic rings. The van der Waals surface area contributed by atoms with Crippen LogP contribution in [0.4, 0.5) is 0 Å². The number of nitrogens with zero attached hydrogens (tertiary/aromatic N) is 2. The molecular weight excluding hydrogens is 422 g/mol. The van der Waals surface area contributed by atoms with E-state index < -0.39 is 6.10 Å². The number of fused-ring (bicyclic) bond motifs is 1. The number of pyridine rings is 1. The van der Waals surface area contributed by atoms with E-state index in [0.29, 0.717) is 18.0 Å². The predicted molar refractivity (Wildman–Crippen MR) is 125 cm³/mol. The van der Waals surface area contributed by atoms with Crippen molar-refractivity contribution in [1.82, 2.24) is 15.3 Å². The highest BCUT2D eigenvalue weighted by molar-refractivity contribution is 7.17. The minimum absolute atomic E-state index is 0.195. The first-order valence-corrected chi connectivity index (χ1v) is 11.7. The van der Waals surface area contributed by atoms with Crippen LogP contribution in [0.2, 0.25) is 0 Å². The number of oxazole rings is 1. The van der Waals surface area contributed by atoms with Crippen molar-refractivity contribution in [2.24, 2.45) is 0 Å². The van der Waals surface area contributed by atoms with Crippen LogP contribution in [-0.4, -0.2) is 33.1 Å². The van der Waals surface area contributed by atoms with Crippen LogP contribution in [-0.2, 0) is 6.42 Å². The number of hydrogen-bond donors (Lipinski definition) is 2. The molecule has 5 rings (SSSR count). The smallest absolute Gasteiger partial charge is 0.270 e. The number of thiophene rings is 1. The number of carbonyl (C=O) groups is 1. The minimum atomic E-state index is -0.475. The van der Waals surface area contributed by atoms with Crippen molar-refractivity contribution in [3.8, 4) is 11.3 Å². The SMILES string of the molecule is Cc1nc(-c2ccc(Cc3cc(C(=O)N[C@H]4CCC[C@@H]4O)nc4c(C)csc34)cc2)co1. The third-order valence-corrected chi connectivity index (χ3v) is 7.23. The second kappa shape index (κ2) is 8.48. The van der Waals surface area contributed by atoms with Crippen molar-refractivity contribution in [3.05, 3.63) is 70.3 Å². The molecular formula is C25H25N3O3S. The van der Waals surface area contributed by atoms with Crippen LogP contribution in [0.3, 0.4) is 0 Å². The van der Waals surface area contributed by atoms with Gasteiger partial charge in [-0.15, -0.1) is 11.3 Å². The number of rotatable bonds is 5. The molecule has 1 saturated carbocycles. The summed E-state index contributed by atoms with van der Waals surface area (Å²) in [5.74, 6) is 0.425. The average molecular weight is 448 g/mol. The Kier molecular flexibility index (Phi) is 5.53. The summed E-state index contributed by atoms with van der Waals surface area (Å²) < 4.78 is 6.42. The molecule has 0 radical (unpaired) electrons. The van der Waals surface area contributed by atoms with Crippen molar-refractivity contribution >= 4 is 27.5 Å². The van der Waals surface area contributed by atoms with Gasteiger partial charge in [0.15, 0.2) is 5.89 Å². The van der Waals surface area contributed by atoms with Gasteiger partial charge in [0.25, 0.3) is 5.91 Å². The van der Waals surface area contributed by atoms with E-state index >= 15 is 0 Å². The van der Waals surface area contributed by atoms with Crippen LogP contribution in [0.25, 0.3) is 21.5 Å². The maximum absolute atomic E-state index is 12.9. The first kappa shape index (κ1) is 20.8. The van der Waals surface area contributed by atoms with Gasteiger partial charge in [0.1, 0.15) is 17.7 Å². The lowest BCUT2D eigenvalue weighted by molar-refractivity contribution is 0.0868. The Balaban J connectivity index is 1.43. The van der Waals surface area contributed by atoms with E-state index in [0.717, 1.165) is 57.4 Å². The number of nitrogens with one attached hydrogen (secondary N) is 1. The van der Waals surface area contributed by atoms with Crippen LogP contribution in [0.1, 0.15) is 52.3 Å². The number of hydrogen-bond acceptors (Lipinski definition) is 6. The van der Waals surface area contributed by atoms with Crippen molar-refractivity contribution in [3.63, 3.8) is 0 Å². The highest BCUT2D eigenvalue weighted by Crippen LogP contribution is 2.30. The van der Waals surface area contributed by atoms with Gasteiger partial charge in [0, 0.05) is 12.5 Å². The van der Waals surface area contributed by atoms with Gasteiger partial charge in [-0.3, -0.25) is 4.79 Å². The Labute approximate surface area is 190 Å². The summed E-state index contributed by atoms with van der Waals surface area (Å²) >= 11 is 1.66. The van der Waals surface area contributed by atoms with Crippen molar-refractivity contribution in [2.45, 2.75) is 51.7 Å². The summed E-state index contributed by atoms with van der Waals surface area (Å²) in [7, 11) is 0. The van der Waals surface area contributed by atoms with E-state index in [9.17, 15) is 9.90 Å². The third kappa shape index (κ3) is 4.06. The van der Waals surface area contributed by atoms with Gasteiger partial charge >= 0.3 is 0 Å². The van der Waals surface area contributed by atoms with Gasteiger partial charge in [-0.25, -0.2) is 9.97 Å². The molecule has 0 bridgehead atoms. The van der Waals surface area contributed by atoms with E-state index in [1.807, 2.05) is 32.0 Å². The Bertz CT molecular complexity index is 1280. The second-order valence-corrected chi connectivity index (χ2v) is 9.35. The summed E-state index contributed by atoms with van der Waals surface area (Å²) in [4.78, 5) is 22.0. The molecule has 2 N–H and O–H groups in total. The summed E-state index contributed by atoms with van der Waals surface area (Å²) in [5, 5.41) is 15.1. The Hall–Kier alpha value is -3.03. The van der Waals surface area contributed by atoms with Gasteiger partial charge in [-0.2, -0.15) is 0 Å². The van der Waals surface area contributed by atoms with E-state index in [4.69, 9.17) is 4.42 Å². The van der Waals surface area contributed by atoms with E-state index in [1.54, 1.807) is 17.6 Å². The van der Waals surface area contributed by atoms with Gasteiger partial charge in [0.2, 0.25) is 0 Å². The lowest BCUT2D eigenvalue weighted by atomic mass is 10.0. The molecule has 1 aliphatic carbocycles. The number of carbonyl (C=O) groups excluding carboxylic acids is 1. The Morgan fingerprint density at radius 1 is 1.22 bits per heavy atom.